The van der Waals surface area contributed by atoms with E-state index in [9.17, 15) is 9.50 Å². The zero-order chi connectivity index (χ0) is 14.0. The third-order valence-corrected chi connectivity index (χ3v) is 3.54. The number of hydrogen-bond donors (Lipinski definition) is 1. The molecule has 1 N–H and O–H groups in total. The van der Waals surface area contributed by atoms with Gasteiger partial charge in [-0.2, -0.15) is 0 Å². The second kappa shape index (κ2) is 5.59. The Morgan fingerprint density at radius 2 is 1.79 bits per heavy atom. The van der Waals surface area contributed by atoms with Crippen molar-refractivity contribution >= 4 is 11.6 Å². The van der Waals surface area contributed by atoms with Crippen molar-refractivity contribution in [1.29, 1.82) is 0 Å². The average Bonchev–Trinajstić information content (AvgIpc) is 2.41. The predicted molar refractivity (Wildman–Crippen MR) is 73.2 cm³/mol. The molecule has 2 aromatic rings. The van der Waals surface area contributed by atoms with Crippen molar-refractivity contribution in [2.45, 2.75) is 13.0 Å². The fraction of sp³-hybridized carbons (Fsp3) is 0.200. The van der Waals surface area contributed by atoms with E-state index in [1.54, 1.807) is 18.2 Å². The van der Waals surface area contributed by atoms with E-state index >= 15 is 0 Å². The van der Waals surface area contributed by atoms with E-state index in [1.165, 1.54) is 19.2 Å². The Balaban J connectivity index is 2.50. The highest BCUT2D eigenvalue weighted by Crippen LogP contribution is 2.33. The Hall–Kier alpha value is -1.58. The molecule has 1 atom stereocenters. The van der Waals surface area contributed by atoms with E-state index in [1.807, 2.05) is 13.0 Å². The summed E-state index contributed by atoms with van der Waals surface area (Å²) in [5.74, 6) is -0.476. The monoisotopic (exact) mass is 280 g/mol. The van der Waals surface area contributed by atoms with Crippen LogP contribution >= 0.6 is 11.6 Å². The van der Waals surface area contributed by atoms with Gasteiger partial charge in [0.1, 0.15) is 6.10 Å². The standard InChI is InChI=1S/C15H14ClFO2/c1-9-5-3-6-10(13(9)16)15(18)11-7-4-8-12(19-2)14(11)17/h3-8,15,18H,1-2H3. The maximum absolute atomic E-state index is 14.1. The van der Waals surface area contributed by atoms with Crippen LogP contribution in [0.3, 0.4) is 0 Å². The fourth-order valence-corrected chi connectivity index (χ4v) is 2.17. The van der Waals surface area contributed by atoms with Gasteiger partial charge in [-0.1, -0.05) is 41.9 Å². The van der Waals surface area contributed by atoms with Crippen LogP contribution in [0.4, 0.5) is 4.39 Å². The molecule has 0 heterocycles. The lowest BCUT2D eigenvalue weighted by molar-refractivity contribution is 0.213. The molecule has 0 aliphatic rings. The van der Waals surface area contributed by atoms with Gasteiger partial charge in [0.2, 0.25) is 0 Å². The molecule has 0 saturated heterocycles. The van der Waals surface area contributed by atoms with Crippen molar-refractivity contribution in [3.8, 4) is 5.75 Å². The molecular formula is C15H14ClFO2. The molecule has 2 nitrogen and oxygen atoms in total. The Bertz CT molecular complexity index is 599. The van der Waals surface area contributed by atoms with Crippen molar-refractivity contribution in [3.05, 3.63) is 63.9 Å². The van der Waals surface area contributed by atoms with Crippen LogP contribution in [-0.4, -0.2) is 12.2 Å². The second-order valence-corrected chi connectivity index (χ2v) is 4.62. The van der Waals surface area contributed by atoms with Gasteiger partial charge >= 0.3 is 0 Å². The van der Waals surface area contributed by atoms with Crippen LogP contribution in [0, 0.1) is 12.7 Å². The van der Waals surface area contributed by atoms with Crippen molar-refractivity contribution in [2.24, 2.45) is 0 Å². The molecule has 0 aromatic heterocycles. The van der Waals surface area contributed by atoms with E-state index in [4.69, 9.17) is 16.3 Å². The summed E-state index contributed by atoms with van der Waals surface area (Å²) in [6.45, 7) is 1.83. The highest BCUT2D eigenvalue weighted by Gasteiger charge is 2.20. The average molecular weight is 281 g/mol. The Morgan fingerprint density at radius 3 is 2.47 bits per heavy atom. The summed E-state index contributed by atoms with van der Waals surface area (Å²) < 4.78 is 19.0. The van der Waals surface area contributed by atoms with E-state index < -0.39 is 11.9 Å². The maximum atomic E-state index is 14.1. The first-order valence-electron chi connectivity index (χ1n) is 5.81. The van der Waals surface area contributed by atoms with E-state index in [-0.39, 0.29) is 11.3 Å². The van der Waals surface area contributed by atoms with Crippen LogP contribution in [0.25, 0.3) is 0 Å². The Labute approximate surface area is 116 Å². The molecule has 0 aliphatic carbocycles. The summed E-state index contributed by atoms with van der Waals surface area (Å²) in [5, 5.41) is 10.8. The van der Waals surface area contributed by atoms with Gasteiger partial charge in [0, 0.05) is 16.1 Å². The third-order valence-electron chi connectivity index (χ3n) is 3.02. The minimum Gasteiger partial charge on any atom is -0.494 e. The van der Waals surface area contributed by atoms with Crippen LogP contribution in [0.15, 0.2) is 36.4 Å². The second-order valence-electron chi connectivity index (χ2n) is 4.24. The zero-order valence-corrected chi connectivity index (χ0v) is 11.4. The first-order chi connectivity index (χ1) is 9.06. The van der Waals surface area contributed by atoms with Crippen molar-refractivity contribution in [2.75, 3.05) is 7.11 Å². The number of halogens is 2. The molecule has 0 bridgehead atoms. The van der Waals surface area contributed by atoms with Crippen LogP contribution in [-0.2, 0) is 0 Å². The number of methoxy groups -OCH3 is 1. The number of aliphatic hydroxyl groups excluding tert-OH is 1. The molecule has 0 fully saturated rings. The van der Waals surface area contributed by atoms with E-state index in [0.717, 1.165) is 5.56 Å². The third kappa shape index (κ3) is 2.57. The predicted octanol–water partition coefficient (Wildman–Crippen LogP) is 3.88. The maximum Gasteiger partial charge on any atom is 0.171 e. The van der Waals surface area contributed by atoms with Gasteiger partial charge in [0.15, 0.2) is 11.6 Å². The van der Waals surface area contributed by atoms with Crippen molar-refractivity contribution in [1.82, 2.24) is 0 Å². The lowest BCUT2D eigenvalue weighted by Gasteiger charge is -2.16. The SMILES string of the molecule is COc1cccc(C(O)c2cccc(C)c2Cl)c1F. The van der Waals surface area contributed by atoms with Gasteiger partial charge in [-0.15, -0.1) is 0 Å². The van der Waals surface area contributed by atoms with E-state index in [2.05, 4.69) is 0 Å². The molecule has 0 aliphatic heterocycles. The smallest absolute Gasteiger partial charge is 0.171 e. The quantitative estimate of drug-likeness (QED) is 0.924. The number of aryl methyl sites for hydroxylation is 1. The fourth-order valence-electron chi connectivity index (χ4n) is 1.95. The molecule has 2 aromatic carbocycles. The number of aliphatic hydroxyl groups is 1. The molecule has 1 unspecified atom stereocenters. The highest BCUT2D eigenvalue weighted by molar-refractivity contribution is 6.32. The lowest BCUT2D eigenvalue weighted by Crippen LogP contribution is -2.05. The number of hydrogen-bond acceptors (Lipinski definition) is 2. The number of benzene rings is 2. The molecule has 0 radical (unpaired) electrons. The molecule has 0 spiro atoms. The van der Waals surface area contributed by atoms with Gasteiger partial charge in [0.25, 0.3) is 0 Å². The molecule has 4 heteroatoms. The number of rotatable bonds is 3. The Morgan fingerprint density at radius 1 is 1.16 bits per heavy atom. The van der Waals surface area contributed by atoms with Gasteiger partial charge in [0.05, 0.1) is 7.11 Å². The lowest BCUT2D eigenvalue weighted by atomic mass is 9.99. The largest absolute Gasteiger partial charge is 0.494 e. The summed E-state index contributed by atoms with van der Waals surface area (Å²) in [4.78, 5) is 0. The summed E-state index contributed by atoms with van der Waals surface area (Å²) in [7, 11) is 1.38. The Kier molecular flexibility index (Phi) is 4.08. The van der Waals surface area contributed by atoms with Crippen LogP contribution in [0.1, 0.15) is 22.8 Å². The van der Waals surface area contributed by atoms with Gasteiger partial charge < -0.3 is 9.84 Å². The van der Waals surface area contributed by atoms with Crippen LogP contribution in [0.5, 0.6) is 5.75 Å². The zero-order valence-electron chi connectivity index (χ0n) is 10.7. The minimum absolute atomic E-state index is 0.0975. The highest BCUT2D eigenvalue weighted by atomic mass is 35.5. The topological polar surface area (TPSA) is 29.5 Å². The number of ether oxygens (including phenoxy) is 1. The molecule has 100 valence electrons. The van der Waals surface area contributed by atoms with Gasteiger partial charge in [-0.3, -0.25) is 0 Å². The van der Waals surface area contributed by atoms with Crippen LogP contribution < -0.4 is 4.74 Å². The normalized spacial score (nSPS) is 12.3. The summed E-state index contributed by atoms with van der Waals surface area (Å²) >= 11 is 6.15. The summed E-state index contributed by atoms with van der Waals surface area (Å²) in [6.07, 6.45) is -1.12. The van der Waals surface area contributed by atoms with E-state index in [0.29, 0.717) is 10.6 Å². The molecule has 0 saturated carbocycles. The first kappa shape index (κ1) is 13.8. The molecule has 0 amide bonds. The van der Waals surface area contributed by atoms with Gasteiger partial charge in [-0.25, -0.2) is 4.39 Å². The first-order valence-corrected chi connectivity index (χ1v) is 6.19. The van der Waals surface area contributed by atoms with Gasteiger partial charge in [-0.05, 0) is 18.6 Å². The minimum atomic E-state index is -1.12. The van der Waals surface area contributed by atoms with Crippen LogP contribution in [0.2, 0.25) is 5.02 Å². The molecular weight excluding hydrogens is 267 g/mol. The summed E-state index contributed by atoms with van der Waals surface area (Å²) in [6, 6.07) is 9.94. The molecule has 2 rings (SSSR count). The summed E-state index contributed by atoms with van der Waals surface area (Å²) in [5.41, 5.74) is 1.46. The molecule has 19 heavy (non-hydrogen) atoms. The van der Waals surface area contributed by atoms with Crippen molar-refractivity contribution < 1.29 is 14.2 Å². The van der Waals surface area contributed by atoms with Crippen molar-refractivity contribution in [3.63, 3.8) is 0 Å².